The van der Waals surface area contributed by atoms with Gasteiger partial charge in [0.1, 0.15) is 0 Å². The van der Waals surface area contributed by atoms with Crippen LogP contribution in [-0.4, -0.2) is 18.3 Å². The van der Waals surface area contributed by atoms with E-state index in [1.165, 1.54) is 61.4 Å². The third-order valence-corrected chi connectivity index (χ3v) is 5.19. The summed E-state index contributed by atoms with van der Waals surface area (Å²) >= 11 is 1.97. The molecule has 0 radical (unpaired) electrons. The van der Waals surface area contributed by atoms with E-state index in [0.717, 1.165) is 11.7 Å². The Bertz CT molecular complexity index is 411. The maximum absolute atomic E-state index is 5.97. The van der Waals surface area contributed by atoms with Crippen LogP contribution in [0.5, 0.6) is 0 Å². The highest BCUT2D eigenvalue weighted by Crippen LogP contribution is 2.39. The van der Waals surface area contributed by atoms with Gasteiger partial charge < -0.3 is 10.6 Å². The molecule has 0 saturated heterocycles. The Kier molecular flexibility index (Phi) is 3.69. The molecule has 98 valence electrons. The Balaban J connectivity index is 1.87. The van der Waals surface area contributed by atoms with Crippen molar-refractivity contribution in [2.24, 2.45) is 0 Å². The molecule has 1 saturated carbocycles. The van der Waals surface area contributed by atoms with Crippen molar-refractivity contribution in [2.45, 2.75) is 49.5 Å². The van der Waals surface area contributed by atoms with E-state index in [-0.39, 0.29) is 0 Å². The lowest BCUT2D eigenvalue weighted by Crippen LogP contribution is -2.38. The van der Waals surface area contributed by atoms with E-state index >= 15 is 0 Å². The highest BCUT2D eigenvalue weighted by atomic mass is 32.2. The number of nitrogens with zero attached hydrogens (tertiary/aromatic N) is 1. The number of rotatable bonds is 1. The summed E-state index contributed by atoms with van der Waals surface area (Å²) in [5, 5.41) is 0. The van der Waals surface area contributed by atoms with Crippen LogP contribution in [0.2, 0.25) is 0 Å². The molecule has 1 heterocycles. The molecule has 2 nitrogen and oxygen atoms in total. The van der Waals surface area contributed by atoms with Gasteiger partial charge in [0, 0.05) is 28.9 Å². The normalized spacial score (nSPS) is 21.4. The van der Waals surface area contributed by atoms with Crippen molar-refractivity contribution in [3.63, 3.8) is 0 Å². The third kappa shape index (κ3) is 2.46. The zero-order valence-electron chi connectivity index (χ0n) is 10.9. The van der Waals surface area contributed by atoms with E-state index in [4.69, 9.17) is 5.73 Å². The monoisotopic (exact) mass is 262 g/mol. The molecular weight excluding hydrogens is 240 g/mol. The fourth-order valence-corrected chi connectivity index (χ4v) is 4.20. The van der Waals surface area contributed by atoms with Gasteiger partial charge in [-0.15, -0.1) is 11.8 Å². The minimum Gasteiger partial charge on any atom is -0.399 e. The lowest BCUT2D eigenvalue weighted by atomic mass is 10.1. The Morgan fingerprint density at radius 2 is 1.89 bits per heavy atom. The van der Waals surface area contributed by atoms with Crippen molar-refractivity contribution in [3.8, 4) is 0 Å². The van der Waals surface area contributed by atoms with Gasteiger partial charge in [-0.05, 0) is 31.0 Å². The average Bonchev–Trinajstić information content (AvgIpc) is 2.67. The smallest absolute Gasteiger partial charge is 0.0527 e. The van der Waals surface area contributed by atoms with Crippen LogP contribution in [0.1, 0.15) is 38.5 Å². The summed E-state index contributed by atoms with van der Waals surface area (Å²) in [6, 6.07) is 7.14. The van der Waals surface area contributed by atoms with Crippen molar-refractivity contribution >= 4 is 23.1 Å². The Labute approximate surface area is 114 Å². The SMILES string of the molecule is Nc1ccc2c(c1)N(C1CCCCCC1)CCS2. The second-order valence-electron chi connectivity index (χ2n) is 5.41. The van der Waals surface area contributed by atoms with E-state index in [2.05, 4.69) is 17.0 Å². The summed E-state index contributed by atoms with van der Waals surface area (Å²) in [4.78, 5) is 4.05. The molecule has 1 fully saturated rings. The first-order valence-corrected chi connectivity index (χ1v) is 8.12. The molecule has 0 spiro atoms. The van der Waals surface area contributed by atoms with Gasteiger partial charge in [0.2, 0.25) is 0 Å². The number of hydrogen-bond acceptors (Lipinski definition) is 3. The Morgan fingerprint density at radius 1 is 1.11 bits per heavy atom. The predicted octanol–water partition coefficient (Wildman–Crippen LogP) is 3.90. The topological polar surface area (TPSA) is 29.3 Å². The molecule has 1 aliphatic heterocycles. The highest BCUT2D eigenvalue weighted by molar-refractivity contribution is 7.99. The number of hydrogen-bond donors (Lipinski definition) is 1. The summed E-state index contributed by atoms with van der Waals surface area (Å²) in [5.74, 6) is 1.22. The molecule has 2 aliphatic rings. The number of nitrogen functional groups attached to an aromatic ring is 1. The summed E-state index contributed by atoms with van der Waals surface area (Å²) in [6.45, 7) is 1.19. The van der Waals surface area contributed by atoms with E-state index < -0.39 is 0 Å². The molecule has 3 rings (SSSR count). The van der Waals surface area contributed by atoms with Crippen LogP contribution in [0.3, 0.4) is 0 Å². The first kappa shape index (κ1) is 12.2. The molecule has 0 amide bonds. The standard InChI is InChI=1S/C15H22N2S/c16-12-7-8-15-14(11-12)17(9-10-18-15)13-5-3-1-2-4-6-13/h7-8,11,13H,1-6,9-10,16H2. The molecule has 0 atom stereocenters. The summed E-state index contributed by atoms with van der Waals surface area (Å²) < 4.78 is 0. The first-order chi connectivity index (χ1) is 8.84. The van der Waals surface area contributed by atoms with Gasteiger partial charge >= 0.3 is 0 Å². The molecule has 0 unspecified atom stereocenters. The highest BCUT2D eigenvalue weighted by Gasteiger charge is 2.25. The molecule has 18 heavy (non-hydrogen) atoms. The average molecular weight is 262 g/mol. The molecule has 0 aromatic heterocycles. The quantitative estimate of drug-likeness (QED) is 0.615. The van der Waals surface area contributed by atoms with E-state index in [1.807, 2.05) is 17.8 Å². The van der Waals surface area contributed by atoms with Crippen molar-refractivity contribution in [2.75, 3.05) is 22.9 Å². The van der Waals surface area contributed by atoms with Crippen LogP contribution in [-0.2, 0) is 0 Å². The molecule has 3 heteroatoms. The van der Waals surface area contributed by atoms with Crippen molar-refractivity contribution in [1.82, 2.24) is 0 Å². The summed E-state index contributed by atoms with van der Waals surface area (Å²) in [7, 11) is 0. The minimum absolute atomic E-state index is 0.744. The molecule has 1 aromatic rings. The number of fused-ring (bicyclic) bond motifs is 1. The van der Waals surface area contributed by atoms with Gasteiger partial charge in [0.05, 0.1) is 5.69 Å². The minimum atomic E-state index is 0.744. The third-order valence-electron chi connectivity index (χ3n) is 4.15. The first-order valence-electron chi connectivity index (χ1n) is 7.13. The lowest BCUT2D eigenvalue weighted by molar-refractivity contribution is 0.530. The maximum atomic E-state index is 5.97. The number of benzene rings is 1. The van der Waals surface area contributed by atoms with Crippen molar-refractivity contribution < 1.29 is 0 Å². The Morgan fingerprint density at radius 3 is 2.67 bits per heavy atom. The van der Waals surface area contributed by atoms with E-state index in [1.54, 1.807) is 0 Å². The summed E-state index contributed by atoms with van der Waals surface area (Å²) in [6.07, 6.45) is 8.35. The van der Waals surface area contributed by atoms with Crippen LogP contribution in [0.25, 0.3) is 0 Å². The second-order valence-corrected chi connectivity index (χ2v) is 6.55. The van der Waals surface area contributed by atoms with Crippen LogP contribution >= 0.6 is 11.8 Å². The second kappa shape index (κ2) is 5.43. The number of thioether (sulfide) groups is 1. The number of anilines is 2. The predicted molar refractivity (Wildman–Crippen MR) is 80.4 cm³/mol. The molecular formula is C15H22N2S. The fraction of sp³-hybridized carbons (Fsp3) is 0.600. The van der Waals surface area contributed by atoms with E-state index in [9.17, 15) is 0 Å². The zero-order chi connectivity index (χ0) is 12.4. The van der Waals surface area contributed by atoms with Gasteiger partial charge in [-0.2, -0.15) is 0 Å². The van der Waals surface area contributed by atoms with Gasteiger partial charge in [0.15, 0.2) is 0 Å². The van der Waals surface area contributed by atoms with Crippen LogP contribution in [0.15, 0.2) is 23.1 Å². The van der Waals surface area contributed by atoms with Crippen LogP contribution < -0.4 is 10.6 Å². The van der Waals surface area contributed by atoms with Gasteiger partial charge in [0.25, 0.3) is 0 Å². The van der Waals surface area contributed by atoms with Crippen molar-refractivity contribution in [3.05, 3.63) is 18.2 Å². The van der Waals surface area contributed by atoms with Gasteiger partial charge in [-0.3, -0.25) is 0 Å². The van der Waals surface area contributed by atoms with Crippen LogP contribution in [0.4, 0.5) is 11.4 Å². The van der Waals surface area contributed by atoms with E-state index in [0.29, 0.717) is 0 Å². The fourth-order valence-electron chi connectivity index (χ4n) is 3.20. The zero-order valence-corrected chi connectivity index (χ0v) is 11.7. The molecule has 1 aliphatic carbocycles. The van der Waals surface area contributed by atoms with Crippen LogP contribution in [0, 0.1) is 0 Å². The van der Waals surface area contributed by atoms with Crippen molar-refractivity contribution in [1.29, 1.82) is 0 Å². The molecule has 0 bridgehead atoms. The van der Waals surface area contributed by atoms with Gasteiger partial charge in [-0.1, -0.05) is 25.7 Å². The largest absolute Gasteiger partial charge is 0.399 e. The lowest BCUT2D eigenvalue weighted by Gasteiger charge is -2.37. The molecule has 1 aromatic carbocycles. The Hall–Kier alpha value is -0.830. The van der Waals surface area contributed by atoms with Gasteiger partial charge in [-0.25, -0.2) is 0 Å². The number of nitrogens with two attached hydrogens (primary N) is 1. The maximum Gasteiger partial charge on any atom is 0.0527 e. The molecule has 2 N–H and O–H groups in total. The summed E-state index contributed by atoms with van der Waals surface area (Å²) in [5.41, 5.74) is 8.25.